The van der Waals surface area contributed by atoms with Crippen molar-refractivity contribution in [3.63, 3.8) is 0 Å². The summed E-state index contributed by atoms with van der Waals surface area (Å²) in [4.78, 5) is 38.9. The third-order valence-corrected chi connectivity index (χ3v) is 5.76. The van der Waals surface area contributed by atoms with Crippen molar-refractivity contribution < 1.29 is 14.4 Å². The zero-order valence-corrected chi connectivity index (χ0v) is 16.8. The molecule has 0 bridgehead atoms. The van der Waals surface area contributed by atoms with Gasteiger partial charge in [0.15, 0.2) is 0 Å². The first-order valence-corrected chi connectivity index (χ1v) is 9.62. The van der Waals surface area contributed by atoms with Crippen LogP contribution in [0.15, 0.2) is 18.2 Å². The second-order valence-electron chi connectivity index (χ2n) is 7.61. The molecule has 1 N–H and O–H groups in total. The van der Waals surface area contributed by atoms with Crippen molar-refractivity contribution in [1.29, 1.82) is 0 Å². The Kier molecular flexibility index (Phi) is 4.86. The summed E-state index contributed by atoms with van der Waals surface area (Å²) in [5, 5.41) is 12.0. The summed E-state index contributed by atoms with van der Waals surface area (Å²) in [5.41, 5.74) is 0.747. The van der Waals surface area contributed by atoms with E-state index in [2.05, 4.69) is 15.5 Å². The number of fused-ring (bicyclic) bond motifs is 1. The zero-order valence-electron chi connectivity index (χ0n) is 16.0. The molecule has 142 valence electrons. The van der Waals surface area contributed by atoms with Crippen molar-refractivity contribution in [3.8, 4) is 0 Å². The average Bonchev–Trinajstić information content (AvgIpc) is 3.18. The van der Waals surface area contributed by atoms with Crippen LogP contribution in [0.25, 0.3) is 0 Å². The topological polar surface area (TPSA) is 92.3 Å². The molecule has 0 radical (unpaired) electrons. The molecule has 0 unspecified atom stereocenters. The number of carbonyl (C=O) groups excluding carboxylic acids is 3. The number of hydrogen-bond acceptors (Lipinski definition) is 6. The van der Waals surface area contributed by atoms with E-state index in [1.165, 1.54) is 28.4 Å². The summed E-state index contributed by atoms with van der Waals surface area (Å²) >= 11 is 1.31. The predicted molar refractivity (Wildman–Crippen MR) is 103 cm³/mol. The fourth-order valence-corrected chi connectivity index (χ4v) is 3.53. The lowest BCUT2D eigenvalue weighted by molar-refractivity contribution is 0.0593. The maximum Gasteiger partial charge on any atom is 0.261 e. The molecule has 3 amide bonds. The van der Waals surface area contributed by atoms with Crippen LogP contribution in [0.2, 0.25) is 0 Å². The van der Waals surface area contributed by atoms with E-state index in [1.807, 2.05) is 34.6 Å². The van der Waals surface area contributed by atoms with Gasteiger partial charge in [-0.05, 0) is 31.5 Å². The molecule has 27 heavy (non-hydrogen) atoms. The van der Waals surface area contributed by atoms with Gasteiger partial charge in [0.25, 0.3) is 17.7 Å². The summed E-state index contributed by atoms with van der Waals surface area (Å²) < 4.78 is 0. The van der Waals surface area contributed by atoms with Gasteiger partial charge in [-0.25, -0.2) is 0 Å². The number of carbonyl (C=O) groups is 3. The van der Waals surface area contributed by atoms with E-state index in [0.29, 0.717) is 22.7 Å². The fraction of sp³-hybridized carbons (Fsp3) is 0.421. The van der Waals surface area contributed by atoms with E-state index in [0.717, 1.165) is 5.01 Å². The number of anilines is 1. The summed E-state index contributed by atoms with van der Waals surface area (Å²) in [6, 6.07) is 4.37. The normalized spacial score (nSPS) is 15.1. The van der Waals surface area contributed by atoms with E-state index in [4.69, 9.17) is 0 Å². The largest absolute Gasteiger partial charge is 0.296 e. The van der Waals surface area contributed by atoms with Gasteiger partial charge in [0.05, 0.1) is 11.1 Å². The number of nitrogens with one attached hydrogen (secondary N) is 1. The molecule has 1 aliphatic heterocycles. The molecule has 0 saturated heterocycles. The highest BCUT2D eigenvalue weighted by Gasteiger charge is 2.38. The average molecular weight is 386 g/mol. The van der Waals surface area contributed by atoms with Gasteiger partial charge in [0, 0.05) is 17.0 Å². The first-order chi connectivity index (χ1) is 12.6. The molecule has 7 nitrogen and oxygen atoms in total. The summed E-state index contributed by atoms with van der Waals surface area (Å²) in [7, 11) is 0. The Morgan fingerprint density at radius 2 is 1.85 bits per heavy atom. The van der Waals surface area contributed by atoms with Crippen LogP contribution in [0, 0.1) is 0 Å². The minimum Gasteiger partial charge on any atom is -0.296 e. The summed E-state index contributed by atoms with van der Waals surface area (Å²) in [5.74, 6) is -1.06. The third kappa shape index (κ3) is 3.49. The lowest BCUT2D eigenvalue weighted by atomic mass is 9.98. The van der Waals surface area contributed by atoms with E-state index in [1.54, 1.807) is 6.07 Å². The fourth-order valence-electron chi connectivity index (χ4n) is 2.73. The predicted octanol–water partition coefficient (Wildman–Crippen LogP) is 3.48. The van der Waals surface area contributed by atoms with Crippen molar-refractivity contribution in [2.24, 2.45) is 0 Å². The Bertz CT molecular complexity index is 929. The Balaban J connectivity index is 1.83. The molecular weight excluding hydrogens is 364 g/mol. The lowest BCUT2D eigenvalue weighted by Gasteiger charge is -2.20. The SMILES string of the molecule is CC[C@@H](C)N1C(=O)c2ccc(C(=O)Nc3nnc(C(C)(C)C)s3)cc2C1=O. The molecule has 0 saturated carbocycles. The van der Waals surface area contributed by atoms with Gasteiger partial charge in [0.1, 0.15) is 5.01 Å². The molecule has 1 aromatic carbocycles. The van der Waals surface area contributed by atoms with Crippen LogP contribution in [0.4, 0.5) is 5.13 Å². The van der Waals surface area contributed by atoms with Gasteiger partial charge in [-0.2, -0.15) is 0 Å². The Morgan fingerprint density at radius 3 is 2.44 bits per heavy atom. The van der Waals surface area contributed by atoms with Crippen LogP contribution in [0.3, 0.4) is 0 Å². The first-order valence-electron chi connectivity index (χ1n) is 8.80. The van der Waals surface area contributed by atoms with Gasteiger partial charge in [-0.1, -0.05) is 39.0 Å². The smallest absolute Gasteiger partial charge is 0.261 e. The van der Waals surface area contributed by atoms with E-state index in [-0.39, 0.29) is 28.8 Å². The molecule has 1 aromatic heterocycles. The highest BCUT2D eigenvalue weighted by atomic mass is 32.1. The molecular formula is C19H22N4O3S. The maximum absolute atomic E-state index is 12.6. The monoisotopic (exact) mass is 386 g/mol. The molecule has 2 aromatic rings. The van der Waals surface area contributed by atoms with Crippen molar-refractivity contribution in [3.05, 3.63) is 39.9 Å². The number of rotatable bonds is 4. The quantitative estimate of drug-likeness (QED) is 0.812. The van der Waals surface area contributed by atoms with E-state index < -0.39 is 5.91 Å². The highest BCUT2D eigenvalue weighted by Crippen LogP contribution is 2.29. The van der Waals surface area contributed by atoms with Crippen LogP contribution in [0.1, 0.15) is 77.1 Å². The van der Waals surface area contributed by atoms with Gasteiger partial charge in [0.2, 0.25) is 5.13 Å². The van der Waals surface area contributed by atoms with Crippen molar-refractivity contribution in [2.45, 2.75) is 52.5 Å². The number of imide groups is 1. The first kappa shape index (κ1) is 19.2. The van der Waals surface area contributed by atoms with Crippen LogP contribution in [-0.2, 0) is 5.41 Å². The minimum atomic E-state index is -0.392. The maximum atomic E-state index is 12.6. The number of amides is 3. The molecule has 1 atom stereocenters. The van der Waals surface area contributed by atoms with E-state index >= 15 is 0 Å². The van der Waals surface area contributed by atoms with Crippen LogP contribution < -0.4 is 5.32 Å². The van der Waals surface area contributed by atoms with Crippen LogP contribution in [-0.4, -0.2) is 38.9 Å². The lowest BCUT2D eigenvalue weighted by Crippen LogP contribution is -2.37. The number of aromatic nitrogens is 2. The molecule has 8 heteroatoms. The highest BCUT2D eigenvalue weighted by molar-refractivity contribution is 7.15. The molecule has 3 rings (SSSR count). The second-order valence-corrected chi connectivity index (χ2v) is 8.59. The van der Waals surface area contributed by atoms with E-state index in [9.17, 15) is 14.4 Å². The number of benzene rings is 1. The van der Waals surface area contributed by atoms with Crippen LogP contribution in [0.5, 0.6) is 0 Å². The van der Waals surface area contributed by atoms with Crippen molar-refractivity contribution >= 4 is 34.2 Å². The van der Waals surface area contributed by atoms with Crippen molar-refractivity contribution in [2.75, 3.05) is 5.32 Å². The molecule has 0 spiro atoms. The number of hydrogen-bond donors (Lipinski definition) is 1. The van der Waals surface area contributed by atoms with Crippen LogP contribution >= 0.6 is 11.3 Å². The molecule has 0 aliphatic carbocycles. The van der Waals surface area contributed by atoms with Crippen molar-refractivity contribution in [1.82, 2.24) is 15.1 Å². The Morgan fingerprint density at radius 1 is 1.19 bits per heavy atom. The zero-order chi connectivity index (χ0) is 19.9. The molecule has 0 fully saturated rings. The summed E-state index contributed by atoms with van der Waals surface area (Å²) in [6.45, 7) is 9.81. The Hall–Kier alpha value is -2.61. The standard InChI is InChI=1S/C19H22N4O3S/c1-6-10(2)23-15(25)12-8-7-11(9-13(12)16(23)26)14(24)20-18-22-21-17(27-18)19(3,4)5/h7-10H,6H2,1-5H3,(H,20,22,24)/t10-/m1/s1. The number of nitrogens with zero attached hydrogens (tertiary/aromatic N) is 3. The minimum absolute atomic E-state index is 0.152. The van der Waals surface area contributed by atoms with Gasteiger partial charge in [-0.3, -0.25) is 24.6 Å². The summed E-state index contributed by atoms with van der Waals surface area (Å²) in [6.07, 6.45) is 0.673. The molecule has 1 aliphatic rings. The molecule has 2 heterocycles. The second kappa shape index (κ2) is 6.84. The Labute approximate surface area is 161 Å². The van der Waals surface area contributed by atoms with Gasteiger partial charge >= 0.3 is 0 Å². The van der Waals surface area contributed by atoms with Gasteiger partial charge < -0.3 is 0 Å². The third-order valence-electron chi connectivity index (χ3n) is 4.50. The van der Waals surface area contributed by atoms with Gasteiger partial charge in [-0.15, -0.1) is 10.2 Å².